The Balaban J connectivity index is 2.76. The highest BCUT2D eigenvalue weighted by Gasteiger charge is 2.19. The summed E-state index contributed by atoms with van der Waals surface area (Å²) in [6.07, 6.45) is 0. The van der Waals surface area contributed by atoms with Crippen molar-refractivity contribution in [3.8, 4) is 0 Å². The second-order valence-electron chi connectivity index (χ2n) is 4.42. The lowest BCUT2D eigenvalue weighted by atomic mass is 10.1. The van der Waals surface area contributed by atoms with Crippen LogP contribution in [0.4, 0.5) is 0 Å². The average Bonchev–Trinajstić information content (AvgIpc) is 2.30. The molecule has 1 aromatic carbocycles. The first-order valence-electron chi connectivity index (χ1n) is 5.78. The highest BCUT2D eigenvalue weighted by Crippen LogP contribution is 2.36. The summed E-state index contributed by atoms with van der Waals surface area (Å²) in [6, 6.07) is 7.85. The van der Waals surface area contributed by atoms with Crippen LogP contribution in [-0.2, 0) is 0 Å². The van der Waals surface area contributed by atoms with Gasteiger partial charge in [-0.15, -0.1) is 0 Å². The van der Waals surface area contributed by atoms with Gasteiger partial charge in [-0.05, 0) is 30.2 Å². The van der Waals surface area contributed by atoms with Crippen LogP contribution in [0.15, 0.2) is 24.3 Å². The minimum atomic E-state index is 0.0331. The Kier molecular flexibility index (Phi) is 6.34. The number of thioether (sulfide) groups is 1. The van der Waals surface area contributed by atoms with E-state index in [1.807, 2.05) is 38.1 Å². The summed E-state index contributed by atoms with van der Waals surface area (Å²) in [5.41, 5.74) is 7.11. The largest absolute Gasteiger partial charge is 0.396 e. The molecule has 3 unspecified atom stereocenters. The highest BCUT2D eigenvalue weighted by atomic mass is 35.5. The molecule has 1 aromatic rings. The Morgan fingerprint density at radius 3 is 2.53 bits per heavy atom. The fourth-order valence-corrected chi connectivity index (χ4v) is 3.20. The van der Waals surface area contributed by atoms with Crippen LogP contribution in [0.25, 0.3) is 0 Å². The van der Waals surface area contributed by atoms with Crippen molar-refractivity contribution < 1.29 is 5.11 Å². The van der Waals surface area contributed by atoms with Crippen molar-refractivity contribution in [1.29, 1.82) is 0 Å². The van der Waals surface area contributed by atoms with E-state index in [1.54, 1.807) is 11.8 Å². The molecule has 0 aliphatic rings. The van der Waals surface area contributed by atoms with Crippen molar-refractivity contribution in [2.45, 2.75) is 25.1 Å². The Labute approximate surface area is 113 Å². The number of nitrogens with two attached hydrogens (primary N) is 1. The standard InChI is InChI=1S/C13H20ClNOS/c1-9(7-16)8-17-13(10(2)15)11-5-3-4-6-12(11)14/h3-6,9-10,13,16H,7-8,15H2,1-2H3. The normalized spacial score (nSPS) is 16.5. The summed E-state index contributed by atoms with van der Waals surface area (Å²) >= 11 is 7.95. The van der Waals surface area contributed by atoms with Gasteiger partial charge in [0.1, 0.15) is 0 Å². The Bertz CT molecular complexity index is 346. The average molecular weight is 274 g/mol. The van der Waals surface area contributed by atoms with E-state index in [-0.39, 0.29) is 23.8 Å². The van der Waals surface area contributed by atoms with Crippen molar-refractivity contribution in [2.24, 2.45) is 11.7 Å². The number of rotatable bonds is 6. The predicted octanol–water partition coefficient (Wildman–Crippen LogP) is 3.09. The molecule has 3 N–H and O–H groups in total. The predicted molar refractivity (Wildman–Crippen MR) is 76.6 cm³/mol. The van der Waals surface area contributed by atoms with Crippen LogP contribution >= 0.6 is 23.4 Å². The Morgan fingerprint density at radius 2 is 2.00 bits per heavy atom. The van der Waals surface area contributed by atoms with Gasteiger partial charge in [-0.25, -0.2) is 0 Å². The molecule has 17 heavy (non-hydrogen) atoms. The van der Waals surface area contributed by atoms with Crippen LogP contribution in [0.1, 0.15) is 24.7 Å². The highest BCUT2D eigenvalue weighted by molar-refractivity contribution is 7.99. The second-order valence-corrected chi connectivity index (χ2v) is 6.00. The molecule has 96 valence electrons. The fourth-order valence-electron chi connectivity index (χ4n) is 1.55. The van der Waals surface area contributed by atoms with Gasteiger partial charge in [0.15, 0.2) is 0 Å². The molecule has 0 fully saturated rings. The maximum absolute atomic E-state index is 9.04. The molecular weight excluding hydrogens is 254 g/mol. The van der Waals surface area contributed by atoms with E-state index in [0.29, 0.717) is 0 Å². The number of halogens is 1. The lowest BCUT2D eigenvalue weighted by molar-refractivity contribution is 0.250. The van der Waals surface area contributed by atoms with Gasteiger partial charge in [0, 0.05) is 22.9 Å². The minimum Gasteiger partial charge on any atom is -0.396 e. The van der Waals surface area contributed by atoms with Gasteiger partial charge in [0.05, 0.1) is 0 Å². The molecular formula is C13H20ClNOS. The van der Waals surface area contributed by atoms with Gasteiger partial charge in [0.25, 0.3) is 0 Å². The molecule has 1 rings (SSSR count). The van der Waals surface area contributed by atoms with Crippen LogP contribution in [0, 0.1) is 5.92 Å². The first kappa shape index (κ1) is 14.8. The molecule has 0 aliphatic heterocycles. The number of benzene rings is 1. The van der Waals surface area contributed by atoms with E-state index in [0.717, 1.165) is 16.3 Å². The third-order valence-corrected chi connectivity index (χ3v) is 4.71. The quantitative estimate of drug-likeness (QED) is 0.837. The molecule has 0 radical (unpaired) electrons. The molecule has 0 saturated heterocycles. The molecule has 2 nitrogen and oxygen atoms in total. The van der Waals surface area contributed by atoms with Crippen molar-refractivity contribution >= 4 is 23.4 Å². The van der Waals surface area contributed by atoms with Gasteiger partial charge in [-0.2, -0.15) is 11.8 Å². The summed E-state index contributed by atoms with van der Waals surface area (Å²) in [4.78, 5) is 0. The summed E-state index contributed by atoms with van der Waals surface area (Å²) in [6.45, 7) is 4.23. The van der Waals surface area contributed by atoms with Crippen molar-refractivity contribution in [2.75, 3.05) is 12.4 Å². The number of aliphatic hydroxyl groups is 1. The first-order chi connectivity index (χ1) is 8.06. The van der Waals surface area contributed by atoms with E-state index >= 15 is 0 Å². The van der Waals surface area contributed by atoms with E-state index in [4.69, 9.17) is 22.4 Å². The molecule has 0 heterocycles. The van der Waals surface area contributed by atoms with Crippen LogP contribution in [0.3, 0.4) is 0 Å². The van der Waals surface area contributed by atoms with Gasteiger partial charge >= 0.3 is 0 Å². The lowest BCUT2D eigenvalue weighted by Gasteiger charge is -2.23. The Morgan fingerprint density at radius 1 is 1.35 bits per heavy atom. The van der Waals surface area contributed by atoms with Crippen LogP contribution in [0.5, 0.6) is 0 Å². The lowest BCUT2D eigenvalue weighted by Crippen LogP contribution is -2.24. The molecule has 0 spiro atoms. The van der Waals surface area contributed by atoms with E-state index < -0.39 is 0 Å². The van der Waals surface area contributed by atoms with E-state index in [1.165, 1.54) is 0 Å². The molecule has 0 saturated carbocycles. The second kappa shape index (κ2) is 7.27. The first-order valence-corrected chi connectivity index (χ1v) is 7.21. The van der Waals surface area contributed by atoms with Crippen LogP contribution in [0.2, 0.25) is 5.02 Å². The summed E-state index contributed by atoms with van der Waals surface area (Å²) in [7, 11) is 0. The third kappa shape index (κ3) is 4.51. The Hall–Kier alpha value is -0.220. The zero-order valence-corrected chi connectivity index (χ0v) is 11.8. The van der Waals surface area contributed by atoms with Gasteiger partial charge in [0.2, 0.25) is 0 Å². The molecule has 3 atom stereocenters. The summed E-state index contributed by atoms with van der Waals surface area (Å²) in [5, 5.41) is 9.98. The third-order valence-electron chi connectivity index (χ3n) is 2.56. The van der Waals surface area contributed by atoms with Gasteiger partial charge in [-0.3, -0.25) is 0 Å². The smallest absolute Gasteiger partial charge is 0.0464 e. The summed E-state index contributed by atoms with van der Waals surface area (Å²) < 4.78 is 0. The van der Waals surface area contributed by atoms with Crippen molar-refractivity contribution in [3.63, 3.8) is 0 Å². The zero-order valence-electron chi connectivity index (χ0n) is 10.3. The van der Waals surface area contributed by atoms with E-state index in [2.05, 4.69) is 0 Å². The minimum absolute atomic E-state index is 0.0331. The topological polar surface area (TPSA) is 46.2 Å². The van der Waals surface area contributed by atoms with Crippen molar-refractivity contribution in [3.05, 3.63) is 34.9 Å². The maximum atomic E-state index is 9.04. The zero-order chi connectivity index (χ0) is 12.8. The number of aliphatic hydroxyl groups excluding tert-OH is 1. The van der Waals surface area contributed by atoms with Crippen molar-refractivity contribution in [1.82, 2.24) is 0 Å². The number of hydrogen-bond donors (Lipinski definition) is 2. The molecule has 4 heteroatoms. The SMILES string of the molecule is CC(CO)CSC(c1ccccc1Cl)C(C)N. The fraction of sp³-hybridized carbons (Fsp3) is 0.538. The monoisotopic (exact) mass is 273 g/mol. The van der Waals surface area contributed by atoms with Crippen LogP contribution in [-0.4, -0.2) is 23.5 Å². The number of hydrogen-bond acceptors (Lipinski definition) is 3. The molecule has 0 bridgehead atoms. The van der Waals surface area contributed by atoms with Gasteiger partial charge in [-0.1, -0.05) is 36.7 Å². The maximum Gasteiger partial charge on any atom is 0.0464 e. The molecule has 0 aliphatic carbocycles. The van der Waals surface area contributed by atoms with Gasteiger partial charge < -0.3 is 10.8 Å². The summed E-state index contributed by atoms with van der Waals surface area (Å²) in [5.74, 6) is 1.16. The van der Waals surface area contributed by atoms with Crippen LogP contribution < -0.4 is 5.73 Å². The molecule has 0 amide bonds. The van der Waals surface area contributed by atoms with E-state index in [9.17, 15) is 0 Å². The molecule has 0 aromatic heterocycles.